The molecular weight excluding hydrogens is 397 g/mol. The molecule has 9 heteroatoms. The molecule has 144 valence electrons. The highest BCUT2D eigenvalue weighted by atomic mass is 35.5. The third kappa shape index (κ3) is 5.23. The monoisotopic (exact) mass is 419 g/mol. The molecule has 0 spiro atoms. The summed E-state index contributed by atoms with van der Waals surface area (Å²) in [6.07, 6.45) is 0.980. The zero-order chi connectivity index (χ0) is 16.9. The third-order valence-corrected chi connectivity index (χ3v) is 4.81. The fourth-order valence-electron chi connectivity index (χ4n) is 2.72. The van der Waals surface area contributed by atoms with Gasteiger partial charge in [0.15, 0.2) is 11.5 Å². The van der Waals surface area contributed by atoms with Crippen LogP contribution in [0.4, 0.5) is 0 Å². The van der Waals surface area contributed by atoms with E-state index in [1.807, 2.05) is 12.4 Å². The van der Waals surface area contributed by atoms with Crippen LogP contribution in [-0.4, -0.2) is 49.1 Å². The van der Waals surface area contributed by atoms with Gasteiger partial charge < -0.3 is 19.7 Å². The Hall–Kier alpha value is -1.54. The van der Waals surface area contributed by atoms with Crippen molar-refractivity contribution in [2.24, 2.45) is 0 Å². The van der Waals surface area contributed by atoms with E-state index >= 15 is 0 Å². The van der Waals surface area contributed by atoms with Gasteiger partial charge in [-0.05, 0) is 31.2 Å². The molecule has 2 heterocycles. The first-order valence-corrected chi connectivity index (χ1v) is 8.79. The van der Waals surface area contributed by atoms with Crippen LogP contribution in [0, 0.1) is 0 Å². The van der Waals surface area contributed by atoms with Crippen LogP contribution in [0.2, 0.25) is 0 Å². The molecule has 1 aromatic heterocycles. The van der Waals surface area contributed by atoms with Crippen molar-refractivity contribution in [2.75, 3.05) is 27.2 Å². The molecule has 1 unspecified atom stereocenters. The van der Waals surface area contributed by atoms with E-state index in [0.717, 1.165) is 25.2 Å². The highest BCUT2D eigenvalue weighted by Gasteiger charge is 2.24. The van der Waals surface area contributed by atoms with Crippen molar-refractivity contribution in [2.45, 2.75) is 19.1 Å². The number of likely N-dealkylation sites (N-methyl/N-ethyl adjacent to an activating group) is 1. The number of nitrogens with zero attached hydrogens (tertiary/aromatic N) is 2. The Bertz CT molecular complexity index is 695. The smallest absolute Gasteiger partial charge is 0.254 e. The lowest BCUT2D eigenvalue weighted by atomic mass is 10.1. The molecule has 0 bridgehead atoms. The van der Waals surface area contributed by atoms with Crippen molar-refractivity contribution in [3.8, 4) is 11.5 Å². The molecular formula is C17H23Cl2N3O3S. The Balaban J connectivity index is 0.00000169. The summed E-state index contributed by atoms with van der Waals surface area (Å²) in [5.74, 6) is 1.15. The SMILES string of the molecule is COc1cc(C(=O)N(C)C2CCNC2)ccc1OCc1cscn1.Cl.Cl. The van der Waals surface area contributed by atoms with E-state index in [2.05, 4.69) is 10.3 Å². The van der Waals surface area contributed by atoms with E-state index in [1.54, 1.807) is 35.7 Å². The number of carbonyl (C=O) groups is 1. The van der Waals surface area contributed by atoms with Crippen molar-refractivity contribution in [1.29, 1.82) is 0 Å². The number of rotatable bonds is 6. The van der Waals surface area contributed by atoms with Gasteiger partial charge in [0.1, 0.15) is 6.61 Å². The van der Waals surface area contributed by atoms with Gasteiger partial charge in [0.05, 0.1) is 18.3 Å². The summed E-state index contributed by atoms with van der Waals surface area (Å²) < 4.78 is 11.1. The minimum atomic E-state index is -0.00643. The number of amides is 1. The maximum absolute atomic E-state index is 12.6. The van der Waals surface area contributed by atoms with Crippen molar-refractivity contribution in [3.05, 3.63) is 40.3 Å². The van der Waals surface area contributed by atoms with Crippen LogP contribution in [-0.2, 0) is 6.61 Å². The van der Waals surface area contributed by atoms with Gasteiger partial charge in [0.25, 0.3) is 5.91 Å². The number of benzene rings is 1. The number of hydrogen-bond acceptors (Lipinski definition) is 6. The molecule has 6 nitrogen and oxygen atoms in total. The van der Waals surface area contributed by atoms with Gasteiger partial charge in [0.2, 0.25) is 0 Å². The average molecular weight is 420 g/mol. The van der Waals surface area contributed by atoms with Crippen molar-refractivity contribution < 1.29 is 14.3 Å². The normalized spacial score (nSPS) is 15.5. The second-order valence-electron chi connectivity index (χ2n) is 5.70. The molecule has 0 saturated carbocycles. The van der Waals surface area contributed by atoms with Crippen LogP contribution >= 0.6 is 36.2 Å². The largest absolute Gasteiger partial charge is 0.493 e. The van der Waals surface area contributed by atoms with E-state index in [0.29, 0.717) is 23.7 Å². The number of aromatic nitrogens is 1. The fraction of sp³-hybridized carbons (Fsp3) is 0.412. The van der Waals surface area contributed by atoms with Gasteiger partial charge in [-0.3, -0.25) is 4.79 Å². The van der Waals surface area contributed by atoms with Crippen LogP contribution in [0.5, 0.6) is 11.5 Å². The predicted molar refractivity (Wildman–Crippen MR) is 107 cm³/mol. The average Bonchev–Trinajstić information content (AvgIpc) is 3.32. The van der Waals surface area contributed by atoms with Gasteiger partial charge in [0, 0.05) is 30.6 Å². The number of hydrogen-bond donors (Lipinski definition) is 1. The molecule has 2 aromatic rings. The lowest BCUT2D eigenvalue weighted by molar-refractivity contribution is 0.0743. The molecule has 1 atom stereocenters. The number of nitrogens with one attached hydrogen (secondary N) is 1. The van der Waals surface area contributed by atoms with Crippen molar-refractivity contribution in [3.63, 3.8) is 0 Å². The number of ether oxygens (including phenoxy) is 2. The Morgan fingerprint density at radius 3 is 2.81 bits per heavy atom. The number of carbonyl (C=O) groups excluding carboxylic acids is 1. The summed E-state index contributed by atoms with van der Waals surface area (Å²) >= 11 is 1.53. The predicted octanol–water partition coefficient (Wildman–Crippen LogP) is 3.01. The van der Waals surface area contributed by atoms with Gasteiger partial charge >= 0.3 is 0 Å². The Labute approximate surface area is 169 Å². The first kappa shape index (κ1) is 22.5. The summed E-state index contributed by atoms with van der Waals surface area (Å²) in [4.78, 5) is 18.6. The quantitative estimate of drug-likeness (QED) is 0.779. The van der Waals surface area contributed by atoms with Gasteiger partial charge in [-0.2, -0.15) is 0 Å². The molecule has 1 N–H and O–H groups in total. The zero-order valence-corrected chi connectivity index (χ0v) is 17.1. The highest BCUT2D eigenvalue weighted by molar-refractivity contribution is 7.07. The molecule has 1 saturated heterocycles. The van der Waals surface area contributed by atoms with Crippen LogP contribution < -0.4 is 14.8 Å². The van der Waals surface area contributed by atoms with Crippen LogP contribution in [0.3, 0.4) is 0 Å². The highest BCUT2D eigenvalue weighted by Crippen LogP contribution is 2.29. The Morgan fingerprint density at radius 2 is 2.19 bits per heavy atom. The first-order valence-electron chi connectivity index (χ1n) is 7.85. The first-order chi connectivity index (χ1) is 11.7. The zero-order valence-electron chi connectivity index (χ0n) is 14.6. The number of halogens is 2. The molecule has 3 rings (SSSR count). The van der Waals surface area contributed by atoms with Gasteiger partial charge in [-0.25, -0.2) is 4.98 Å². The van der Waals surface area contributed by atoms with E-state index in [4.69, 9.17) is 9.47 Å². The Kier molecular flexibility index (Phi) is 9.15. The van der Waals surface area contributed by atoms with E-state index < -0.39 is 0 Å². The molecule has 1 aromatic carbocycles. The Morgan fingerprint density at radius 1 is 1.38 bits per heavy atom. The van der Waals surface area contributed by atoms with Crippen molar-refractivity contribution in [1.82, 2.24) is 15.2 Å². The third-order valence-electron chi connectivity index (χ3n) is 4.17. The lowest BCUT2D eigenvalue weighted by Crippen LogP contribution is -2.38. The maximum Gasteiger partial charge on any atom is 0.254 e. The van der Waals surface area contributed by atoms with E-state index in [-0.39, 0.29) is 36.8 Å². The number of thiazole rings is 1. The molecule has 1 amide bonds. The lowest BCUT2D eigenvalue weighted by Gasteiger charge is -2.24. The summed E-state index contributed by atoms with van der Waals surface area (Å²) in [6, 6.07) is 5.53. The fourth-order valence-corrected chi connectivity index (χ4v) is 3.26. The molecule has 1 fully saturated rings. The molecule has 0 radical (unpaired) electrons. The van der Waals surface area contributed by atoms with E-state index in [9.17, 15) is 4.79 Å². The van der Waals surface area contributed by atoms with Crippen LogP contribution in [0.25, 0.3) is 0 Å². The van der Waals surface area contributed by atoms with Crippen LogP contribution in [0.15, 0.2) is 29.1 Å². The summed E-state index contributed by atoms with van der Waals surface area (Å²) in [5, 5.41) is 5.22. The molecule has 0 aliphatic carbocycles. The van der Waals surface area contributed by atoms with E-state index in [1.165, 1.54) is 11.3 Å². The molecule has 26 heavy (non-hydrogen) atoms. The van der Waals surface area contributed by atoms with Gasteiger partial charge in [-0.15, -0.1) is 36.2 Å². The summed E-state index contributed by atoms with van der Waals surface area (Å²) in [6.45, 7) is 2.17. The summed E-state index contributed by atoms with van der Waals surface area (Å²) in [5.41, 5.74) is 3.24. The standard InChI is InChI=1S/C17H21N3O3S.2ClH/c1-20(14-5-6-18-8-14)17(21)12-3-4-15(16(7-12)22-2)23-9-13-10-24-11-19-13;;/h3-4,7,10-11,14,18H,5-6,8-9H2,1-2H3;2*1H. The minimum Gasteiger partial charge on any atom is -0.493 e. The van der Waals surface area contributed by atoms with Crippen molar-refractivity contribution >= 4 is 42.1 Å². The molecule has 1 aliphatic heterocycles. The minimum absolute atomic E-state index is 0. The second-order valence-corrected chi connectivity index (χ2v) is 6.42. The van der Waals surface area contributed by atoms with Gasteiger partial charge in [-0.1, -0.05) is 0 Å². The maximum atomic E-state index is 12.6. The topological polar surface area (TPSA) is 63.7 Å². The second kappa shape index (κ2) is 10.6. The van der Waals surface area contributed by atoms with Crippen LogP contribution in [0.1, 0.15) is 22.5 Å². The number of methoxy groups -OCH3 is 1. The summed E-state index contributed by atoms with van der Waals surface area (Å²) in [7, 11) is 3.42. The molecule has 1 aliphatic rings.